The topological polar surface area (TPSA) is 101 Å². The fourth-order valence-corrected chi connectivity index (χ4v) is 4.99. The molecule has 1 aliphatic rings. The molecule has 0 radical (unpaired) electrons. The van der Waals surface area contributed by atoms with Crippen molar-refractivity contribution in [1.29, 1.82) is 0 Å². The first-order valence-electron chi connectivity index (χ1n) is 6.50. The summed E-state index contributed by atoms with van der Waals surface area (Å²) in [6.45, 7) is 1.28. The lowest BCUT2D eigenvalue weighted by Crippen LogP contribution is -2.42. The van der Waals surface area contributed by atoms with Gasteiger partial charge in [-0.25, -0.2) is 13.2 Å². The first-order valence-corrected chi connectivity index (χ1v) is 9.51. The normalized spacial score (nSPS) is 24.9. The van der Waals surface area contributed by atoms with Gasteiger partial charge in [-0.05, 0) is 19.3 Å². The predicted octanol–water partition coefficient (Wildman–Crippen LogP) is 0.665. The SMILES string of the molecule is CC(=O)N[C@@H](CSC1CCCC(S(C)(=O)=O)C1)C(=O)O. The first-order chi connectivity index (χ1) is 9.20. The van der Waals surface area contributed by atoms with E-state index in [2.05, 4.69) is 5.32 Å². The van der Waals surface area contributed by atoms with Gasteiger partial charge in [0.2, 0.25) is 5.91 Å². The first kappa shape index (κ1) is 17.3. The van der Waals surface area contributed by atoms with E-state index in [9.17, 15) is 18.0 Å². The van der Waals surface area contributed by atoms with Gasteiger partial charge in [-0.1, -0.05) is 6.42 Å². The summed E-state index contributed by atoms with van der Waals surface area (Å²) >= 11 is 1.44. The zero-order valence-electron chi connectivity index (χ0n) is 11.7. The van der Waals surface area contributed by atoms with Gasteiger partial charge in [-0.2, -0.15) is 11.8 Å². The number of carboxylic acids is 1. The summed E-state index contributed by atoms with van der Waals surface area (Å²) in [7, 11) is -3.03. The Balaban J connectivity index is 2.51. The molecule has 0 aromatic rings. The minimum Gasteiger partial charge on any atom is -0.480 e. The van der Waals surface area contributed by atoms with Crippen LogP contribution >= 0.6 is 11.8 Å². The molecule has 0 aromatic heterocycles. The zero-order chi connectivity index (χ0) is 15.3. The average molecular weight is 323 g/mol. The zero-order valence-corrected chi connectivity index (χ0v) is 13.3. The van der Waals surface area contributed by atoms with Crippen molar-refractivity contribution in [2.45, 2.75) is 49.1 Å². The fraction of sp³-hybridized carbons (Fsp3) is 0.833. The molecule has 0 aliphatic heterocycles. The molecule has 6 nitrogen and oxygen atoms in total. The molecule has 0 heterocycles. The van der Waals surface area contributed by atoms with Crippen molar-refractivity contribution in [3.8, 4) is 0 Å². The number of carbonyl (C=O) groups is 2. The number of thioether (sulfide) groups is 1. The molecular weight excluding hydrogens is 302 g/mol. The Morgan fingerprint density at radius 1 is 1.40 bits per heavy atom. The van der Waals surface area contributed by atoms with Crippen LogP contribution in [-0.2, 0) is 19.4 Å². The second-order valence-corrected chi connectivity index (χ2v) is 8.82. The molecule has 0 bridgehead atoms. The minimum atomic E-state index is -3.03. The quantitative estimate of drug-likeness (QED) is 0.745. The molecule has 3 atom stereocenters. The van der Waals surface area contributed by atoms with Gasteiger partial charge < -0.3 is 10.4 Å². The number of sulfone groups is 1. The minimum absolute atomic E-state index is 0.138. The van der Waals surface area contributed by atoms with Crippen LogP contribution in [0.3, 0.4) is 0 Å². The number of hydrogen-bond acceptors (Lipinski definition) is 5. The molecule has 8 heteroatoms. The monoisotopic (exact) mass is 323 g/mol. The van der Waals surface area contributed by atoms with Crippen LogP contribution in [0, 0.1) is 0 Å². The maximum absolute atomic E-state index is 11.6. The summed E-state index contributed by atoms with van der Waals surface area (Å²) in [5.41, 5.74) is 0. The smallest absolute Gasteiger partial charge is 0.327 e. The number of aliphatic carboxylic acids is 1. The van der Waals surface area contributed by atoms with Gasteiger partial charge in [0, 0.05) is 24.2 Å². The van der Waals surface area contributed by atoms with Crippen LogP contribution < -0.4 is 5.32 Å². The van der Waals surface area contributed by atoms with Gasteiger partial charge >= 0.3 is 5.97 Å². The average Bonchev–Trinajstić information content (AvgIpc) is 2.33. The second-order valence-electron chi connectivity index (χ2n) is 5.16. The van der Waals surface area contributed by atoms with Crippen LogP contribution in [0.1, 0.15) is 32.6 Å². The van der Waals surface area contributed by atoms with Gasteiger partial charge in [0.1, 0.15) is 15.9 Å². The van der Waals surface area contributed by atoms with Crippen LogP contribution in [0.25, 0.3) is 0 Å². The number of nitrogens with one attached hydrogen (secondary N) is 1. The molecule has 1 rings (SSSR count). The lowest BCUT2D eigenvalue weighted by atomic mass is 10.00. The van der Waals surface area contributed by atoms with E-state index in [1.54, 1.807) is 0 Å². The molecule has 1 amide bonds. The number of carbonyl (C=O) groups excluding carboxylic acids is 1. The second kappa shape index (κ2) is 7.31. The van der Waals surface area contributed by atoms with Gasteiger partial charge in [0.25, 0.3) is 0 Å². The largest absolute Gasteiger partial charge is 0.480 e. The third-order valence-corrected chi connectivity index (χ3v) is 6.42. The highest BCUT2D eigenvalue weighted by Gasteiger charge is 2.30. The Morgan fingerprint density at radius 3 is 2.55 bits per heavy atom. The van der Waals surface area contributed by atoms with E-state index in [4.69, 9.17) is 5.11 Å². The number of hydrogen-bond donors (Lipinski definition) is 2. The maximum atomic E-state index is 11.6. The summed E-state index contributed by atoms with van der Waals surface area (Å²) in [6, 6.07) is -0.920. The Morgan fingerprint density at radius 2 is 2.05 bits per heavy atom. The molecule has 0 spiro atoms. The van der Waals surface area contributed by atoms with Crippen LogP contribution in [0.15, 0.2) is 0 Å². The van der Waals surface area contributed by atoms with E-state index in [-0.39, 0.29) is 22.2 Å². The van der Waals surface area contributed by atoms with E-state index < -0.39 is 21.8 Å². The van der Waals surface area contributed by atoms with Crippen LogP contribution in [0.2, 0.25) is 0 Å². The third-order valence-electron chi connectivity index (χ3n) is 3.36. The van der Waals surface area contributed by atoms with Gasteiger partial charge in [0.05, 0.1) is 5.25 Å². The molecule has 20 heavy (non-hydrogen) atoms. The van der Waals surface area contributed by atoms with Crippen molar-refractivity contribution in [2.24, 2.45) is 0 Å². The summed E-state index contributed by atoms with van der Waals surface area (Å²) in [5, 5.41) is 11.2. The van der Waals surface area contributed by atoms with Crippen molar-refractivity contribution in [3.63, 3.8) is 0 Å². The Labute approximate surface area is 123 Å². The molecule has 0 aromatic carbocycles. The van der Waals surface area contributed by atoms with Crippen LogP contribution in [0.5, 0.6) is 0 Å². The standard InChI is InChI=1S/C12H21NO5S2/c1-8(14)13-11(12(15)16)7-19-9-4-3-5-10(6-9)20(2,17)18/h9-11H,3-7H2,1-2H3,(H,13,14)(H,15,16)/t9?,10?,11-/m0/s1. The number of carboxylic acid groups (broad SMARTS) is 1. The van der Waals surface area contributed by atoms with Crippen molar-refractivity contribution < 1.29 is 23.1 Å². The Hall–Kier alpha value is -0.760. The van der Waals surface area contributed by atoms with Gasteiger partial charge in [0.15, 0.2) is 0 Å². The number of rotatable bonds is 6. The van der Waals surface area contributed by atoms with E-state index in [0.29, 0.717) is 12.8 Å². The van der Waals surface area contributed by atoms with Gasteiger partial charge in [-0.3, -0.25) is 4.79 Å². The lowest BCUT2D eigenvalue weighted by molar-refractivity contribution is -0.140. The molecule has 1 saturated carbocycles. The van der Waals surface area contributed by atoms with E-state index >= 15 is 0 Å². The lowest BCUT2D eigenvalue weighted by Gasteiger charge is -2.28. The third kappa shape index (κ3) is 5.70. The highest BCUT2D eigenvalue weighted by molar-refractivity contribution is 8.00. The van der Waals surface area contributed by atoms with E-state index in [1.165, 1.54) is 24.9 Å². The van der Waals surface area contributed by atoms with E-state index in [1.807, 2.05) is 0 Å². The Kier molecular flexibility index (Phi) is 6.32. The van der Waals surface area contributed by atoms with Crippen molar-refractivity contribution in [3.05, 3.63) is 0 Å². The van der Waals surface area contributed by atoms with Crippen molar-refractivity contribution in [1.82, 2.24) is 5.32 Å². The van der Waals surface area contributed by atoms with E-state index in [0.717, 1.165) is 12.8 Å². The molecule has 116 valence electrons. The fourth-order valence-electron chi connectivity index (χ4n) is 2.29. The van der Waals surface area contributed by atoms with Crippen molar-refractivity contribution in [2.75, 3.05) is 12.0 Å². The molecule has 2 N–H and O–H groups in total. The Bertz CT molecular complexity index is 462. The van der Waals surface area contributed by atoms with Gasteiger partial charge in [-0.15, -0.1) is 0 Å². The summed E-state index contributed by atoms with van der Waals surface area (Å²) < 4.78 is 23.1. The van der Waals surface area contributed by atoms with Crippen molar-refractivity contribution >= 4 is 33.5 Å². The predicted molar refractivity (Wildman–Crippen MR) is 78.6 cm³/mol. The summed E-state index contributed by atoms with van der Waals surface area (Å²) in [6.07, 6.45) is 4.23. The van der Waals surface area contributed by atoms with Crippen LogP contribution in [-0.4, -0.2) is 54.0 Å². The molecule has 0 saturated heterocycles. The molecule has 1 aliphatic carbocycles. The summed E-state index contributed by atoms with van der Waals surface area (Å²) in [4.78, 5) is 21.9. The van der Waals surface area contributed by atoms with Crippen LogP contribution in [0.4, 0.5) is 0 Å². The highest BCUT2D eigenvalue weighted by atomic mass is 32.2. The molecular formula is C12H21NO5S2. The molecule has 2 unspecified atom stereocenters. The maximum Gasteiger partial charge on any atom is 0.327 e. The molecule has 1 fully saturated rings. The number of amides is 1. The summed E-state index contributed by atoms with van der Waals surface area (Å²) in [5.74, 6) is -1.19. The highest BCUT2D eigenvalue weighted by Crippen LogP contribution is 2.32.